The van der Waals surface area contributed by atoms with Crippen LogP contribution < -0.4 is 5.32 Å². The number of fused-ring (bicyclic) bond motifs is 1. The number of nitrogens with one attached hydrogen (secondary N) is 1. The van der Waals surface area contributed by atoms with Crippen molar-refractivity contribution in [2.45, 2.75) is 82.5 Å². The number of anilines is 1. The Balaban J connectivity index is 1.51. The summed E-state index contributed by atoms with van der Waals surface area (Å²) in [5, 5.41) is 7.49. The maximum absolute atomic E-state index is 13.5. The van der Waals surface area contributed by atoms with Crippen LogP contribution in [0.2, 0.25) is 0 Å². The van der Waals surface area contributed by atoms with Gasteiger partial charge in [0.1, 0.15) is 5.82 Å². The van der Waals surface area contributed by atoms with Crippen LogP contribution in [0.5, 0.6) is 0 Å². The fraction of sp³-hybridized carbons (Fsp3) is 0.800. The Hall–Kier alpha value is -1.73. The molecule has 28 heavy (non-hydrogen) atoms. The summed E-state index contributed by atoms with van der Waals surface area (Å²) in [5.41, 5.74) is 0.673. The van der Waals surface area contributed by atoms with Gasteiger partial charge in [0.2, 0.25) is 5.91 Å². The van der Waals surface area contributed by atoms with Crippen LogP contribution in [0.1, 0.15) is 75.9 Å². The molecule has 8 heteroatoms. The van der Waals surface area contributed by atoms with Crippen LogP contribution in [0.25, 0.3) is 0 Å². The smallest absolute Gasteiger partial charge is 0.368 e. The van der Waals surface area contributed by atoms with Gasteiger partial charge in [-0.1, -0.05) is 19.3 Å². The fourth-order valence-corrected chi connectivity index (χ4v) is 5.00. The van der Waals surface area contributed by atoms with Crippen LogP contribution in [0.4, 0.5) is 19.0 Å². The highest BCUT2D eigenvalue weighted by Gasteiger charge is 2.46. The maximum Gasteiger partial charge on any atom is 0.410 e. The summed E-state index contributed by atoms with van der Waals surface area (Å²) in [5.74, 6) is 0.797. The molecule has 5 nitrogen and oxygen atoms in total. The molecule has 1 aromatic rings. The van der Waals surface area contributed by atoms with Crippen molar-refractivity contribution in [1.82, 2.24) is 14.7 Å². The maximum atomic E-state index is 13.5. The van der Waals surface area contributed by atoms with Gasteiger partial charge in [-0.25, -0.2) is 4.68 Å². The first-order chi connectivity index (χ1) is 13.3. The average Bonchev–Trinajstić information content (AvgIpc) is 3.10. The lowest BCUT2D eigenvalue weighted by Gasteiger charge is -2.35. The molecule has 3 heterocycles. The van der Waals surface area contributed by atoms with Crippen molar-refractivity contribution >= 4 is 11.7 Å². The fourth-order valence-electron chi connectivity index (χ4n) is 5.00. The van der Waals surface area contributed by atoms with E-state index in [0.717, 1.165) is 49.8 Å². The van der Waals surface area contributed by atoms with E-state index in [4.69, 9.17) is 0 Å². The molecule has 1 aromatic heterocycles. The van der Waals surface area contributed by atoms with Crippen molar-refractivity contribution in [3.05, 3.63) is 11.8 Å². The predicted octanol–water partition coefficient (Wildman–Crippen LogP) is 4.48. The molecule has 4 rings (SSSR count). The number of rotatable bonds is 2. The second kappa shape index (κ2) is 7.59. The molecule has 2 aliphatic heterocycles. The number of halogens is 3. The van der Waals surface area contributed by atoms with E-state index in [9.17, 15) is 18.0 Å². The van der Waals surface area contributed by atoms with Gasteiger partial charge in [-0.05, 0) is 39.0 Å². The Morgan fingerprint density at radius 2 is 1.93 bits per heavy atom. The third kappa shape index (κ3) is 3.87. The third-order valence-electron chi connectivity index (χ3n) is 6.50. The molecule has 0 bridgehead atoms. The van der Waals surface area contributed by atoms with Gasteiger partial charge in [0, 0.05) is 37.0 Å². The van der Waals surface area contributed by atoms with Crippen molar-refractivity contribution in [1.29, 1.82) is 0 Å². The van der Waals surface area contributed by atoms with Gasteiger partial charge in [-0.2, -0.15) is 18.3 Å². The zero-order valence-electron chi connectivity index (χ0n) is 16.3. The standard InChI is InChI=1S/C20H29F3N4O/c1-13-10-17(20(21,22)23)27-18(24-13)11-16(25-27)15-8-5-9-26(12-15)19(28)14-6-3-2-4-7-14/h11,13-15,17,24H,2-10,12H2,1H3/t13-,15?,17-/m1/s1. The van der Waals surface area contributed by atoms with Crippen molar-refractivity contribution in [3.8, 4) is 0 Å². The van der Waals surface area contributed by atoms with Crippen molar-refractivity contribution in [2.75, 3.05) is 18.4 Å². The summed E-state index contributed by atoms with van der Waals surface area (Å²) in [4.78, 5) is 14.8. The molecule has 1 N–H and O–H groups in total. The highest BCUT2D eigenvalue weighted by Crippen LogP contribution is 2.41. The second-order valence-corrected chi connectivity index (χ2v) is 8.70. The van der Waals surface area contributed by atoms with Gasteiger partial charge in [0.05, 0.1) is 5.69 Å². The largest absolute Gasteiger partial charge is 0.410 e. The first-order valence-electron chi connectivity index (χ1n) is 10.5. The lowest BCUT2D eigenvalue weighted by atomic mass is 9.87. The first kappa shape index (κ1) is 19.6. The van der Waals surface area contributed by atoms with Gasteiger partial charge in [-0.15, -0.1) is 0 Å². The van der Waals surface area contributed by atoms with Crippen LogP contribution in [0.15, 0.2) is 6.07 Å². The molecule has 0 aromatic carbocycles. The summed E-state index contributed by atoms with van der Waals surface area (Å²) in [6, 6.07) is -0.0799. The summed E-state index contributed by atoms with van der Waals surface area (Å²) in [6.07, 6.45) is 2.77. The van der Waals surface area contributed by atoms with E-state index in [1.165, 1.54) is 6.42 Å². The van der Waals surface area contributed by atoms with E-state index in [1.54, 1.807) is 13.0 Å². The van der Waals surface area contributed by atoms with Gasteiger partial charge in [0.15, 0.2) is 6.04 Å². The summed E-state index contributed by atoms with van der Waals surface area (Å²) < 4.78 is 41.5. The zero-order chi connectivity index (χ0) is 19.9. The zero-order valence-corrected chi connectivity index (χ0v) is 16.3. The number of likely N-dealkylation sites (tertiary alicyclic amines) is 1. The number of piperidine rings is 1. The Bertz CT molecular complexity index is 711. The van der Waals surface area contributed by atoms with Crippen molar-refractivity contribution in [2.24, 2.45) is 5.92 Å². The van der Waals surface area contributed by atoms with Crippen LogP contribution in [0.3, 0.4) is 0 Å². The lowest BCUT2D eigenvalue weighted by Crippen LogP contribution is -2.43. The highest BCUT2D eigenvalue weighted by atomic mass is 19.4. The van der Waals surface area contributed by atoms with E-state index >= 15 is 0 Å². The molecule has 1 unspecified atom stereocenters. The molecule has 0 radical (unpaired) electrons. The minimum absolute atomic E-state index is 0.00498. The van der Waals surface area contributed by atoms with E-state index in [0.29, 0.717) is 18.1 Å². The average molecular weight is 398 g/mol. The number of hydrogen-bond acceptors (Lipinski definition) is 3. The van der Waals surface area contributed by atoms with Crippen LogP contribution >= 0.6 is 0 Å². The summed E-state index contributed by atoms with van der Waals surface area (Å²) in [6.45, 7) is 3.08. The number of alkyl halides is 3. The molecule has 1 saturated heterocycles. The predicted molar refractivity (Wildman–Crippen MR) is 100 cm³/mol. The van der Waals surface area contributed by atoms with E-state index in [2.05, 4.69) is 10.4 Å². The number of aromatic nitrogens is 2. The molecule has 156 valence electrons. The molecule has 3 atom stereocenters. The minimum atomic E-state index is -4.32. The molecule has 0 spiro atoms. The quantitative estimate of drug-likeness (QED) is 0.799. The molecule has 1 saturated carbocycles. The number of nitrogens with zero attached hydrogens (tertiary/aromatic N) is 3. The number of carbonyl (C=O) groups is 1. The summed E-state index contributed by atoms with van der Waals surface area (Å²) in [7, 11) is 0. The van der Waals surface area contributed by atoms with Gasteiger partial charge in [0.25, 0.3) is 0 Å². The van der Waals surface area contributed by atoms with E-state index in [-0.39, 0.29) is 30.2 Å². The lowest BCUT2D eigenvalue weighted by molar-refractivity contribution is -0.173. The molecular formula is C20H29F3N4O. The van der Waals surface area contributed by atoms with Crippen LogP contribution in [-0.4, -0.2) is 45.9 Å². The Morgan fingerprint density at radius 1 is 1.18 bits per heavy atom. The third-order valence-corrected chi connectivity index (χ3v) is 6.50. The van der Waals surface area contributed by atoms with Gasteiger partial charge in [-0.3, -0.25) is 4.79 Å². The normalized spacial score (nSPS) is 29.3. The Kier molecular flexibility index (Phi) is 5.31. The number of hydrogen-bond donors (Lipinski definition) is 1. The minimum Gasteiger partial charge on any atom is -0.368 e. The first-order valence-corrected chi connectivity index (χ1v) is 10.5. The van der Waals surface area contributed by atoms with Crippen LogP contribution in [0, 0.1) is 5.92 Å². The SMILES string of the molecule is C[C@@H]1C[C@H](C(F)(F)F)n2nc(C3CCCN(C(=O)C4CCCCC4)C3)cc2N1. The van der Waals surface area contributed by atoms with Crippen molar-refractivity contribution < 1.29 is 18.0 Å². The van der Waals surface area contributed by atoms with E-state index in [1.807, 2.05) is 4.90 Å². The molecule has 2 fully saturated rings. The highest BCUT2D eigenvalue weighted by molar-refractivity contribution is 5.79. The molecule has 3 aliphatic rings. The molecular weight excluding hydrogens is 369 g/mol. The summed E-state index contributed by atoms with van der Waals surface area (Å²) >= 11 is 0. The monoisotopic (exact) mass is 398 g/mol. The topological polar surface area (TPSA) is 50.2 Å². The van der Waals surface area contributed by atoms with Crippen LogP contribution in [-0.2, 0) is 4.79 Å². The Morgan fingerprint density at radius 3 is 2.64 bits per heavy atom. The van der Waals surface area contributed by atoms with Crippen molar-refractivity contribution in [3.63, 3.8) is 0 Å². The molecule has 1 amide bonds. The second-order valence-electron chi connectivity index (χ2n) is 8.70. The van der Waals surface area contributed by atoms with Gasteiger partial charge >= 0.3 is 6.18 Å². The molecule has 1 aliphatic carbocycles. The number of amides is 1. The number of carbonyl (C=O) groups excluding carboxylic acids is 1. The van der Waals surface area contributed by atoms with Gasteiger partial charge < -0.3 is 10.2 Å². The van der Waals surface area contributed by atoms with E-state index < -0.39 is 12.2 Å². The Labute approximate surface area is 163 Å².